The number of benzene rings is 3. The molecule has 0 saturated heterocycles. The van der Waals surface area contributed by atoms with Crippen LogP contribution in [0, 0.1) is 13.8 Å². The molecule has 22 heavy (non-hydrogen) atoms. The summed E-state index contributed by atoms with van der Waals surface area (Å²) in [5.41, 5.74) is 3.51. The number of carbonyl (C=O) groups is 1. The van der Waals surface area contributed by atoms with Crippen LogP contribution in [0.2, 0.25) is 0 Å². The van der Waals surface area contributed by atoms with Gasteiger partial charge in [0.1, 0.15) is 0 Å². The van der Waals surface area contributed by atoms with Crippen molar-refractivity contribution < 1.29 is 9.53 Å². The standard InChI is InChI=1S/C20H20O2/c1-4-22-20(21)12-19-17-7-5-13(2)9-15(17)11-16-10-14(3)6-8-18(16)19/h5-11H,4,12H2,1-3H3. The van der Waals surface area contributed by atoms with Gasteiger partial charge in [0.15, 0.2) is 0 Å². The smallest absolute Gasteiger partial charge is 0.310 e. The van der Waals surface area contributed by atoms with E-state index in [0.29, 0.717) is 13.0 Å². The minimum absolute atomic E-state index is 0.169. The van der Waals surface area contributed by atoms with E-state index >= 15 is 0 Å². The molecule has 0 fully saturated rings. The van der Waals surface area contributed by atoms with Crippen molar-refractivity contribution in [1.82, 2.24) is 0 Å². The third-order valence-corrected chi connectivity index (χ3v) is 4.00. The molecule has 0 unspecified atom stereocenters. The van der Waals surface area contributed by atoms with Gasteiger partial charge >= 0.3 is 5.97 Å². The summed E-state index contributed by atoms with van der Waals surface area (Å²) in [6.07, 6.45) is 0.313. The van der Waals surface area contributed by atoms with Gasteiger partial charge in [-0.3, -0.25) is 4.79 Å². The Morgan fingerprint density at radius 3 is 1.95 bits per heavy atom. The summed E-state index contributed by atoms with van der Waals surface area (Å²) in [4.78, 5) is 12.0. The summed E-state index contributed by atoms with van der Waals surface area (Å²) in [6.45, 7) is 6.43. The molecule has 0 spiro atoms. The van der Waals surface area contributed by atoms with E-state index in [0.717, 1.165) is 16.3 Å². The lowest BCUT2D eigenvalue weighted by Gasteiger charge is -2.12. The first kappa shape index (κ1) is 14.6. The fraction of sp³-hybridized carbons (Fsp3) is 0.250. The van der Waals surface area contributed by atoms with Crippen LogP contribution in [0.4, 0.5) is 0 Å². The SMILES string of the molecule is CCOC(=O)Cc1c2ccc(C)cc2cc2cc(C)ccc12. The van der Waals surface area contributed by atoms with Crippen LogP contribution in [-0.2, 0) is 16.0 Å². The Labute approximate surface area is 130 Å². The Morgan fingerprint density at radius 2 is 1.45 bits per heavy atom. The number of hydrogen-bond donors (Lipinski definition) is 0. The third kappa shape index (κ3) is 2.69. The highest BCUT2D eigenvalue weighted by atomic mass is 16.5. The van der Waals surface area contributed by atoms with E-state index in [4.69, 9.17) is 4.74 Å². The van der Waals surface area contributed by atoms with Crippen LogP contribution in [0.1, 0.15) is 23.6 Å². The average Bonchev–Trinajstić information content (AvgIpc) is 2.46. The van der Waals surface area contributed by atoms with Crippen molar-refractivity contribution in [2.75, 3.05) is 6.61 Å². The summed E-state index contributed by atoms with van der Waals surface area (Å²) in [5, 5.41) is 4.62. The zero-order valence-corrected chi connectivity index (χ0v) is 13.3. The van der Waals surface area contributed by atoms with Crippen molar-refractivity contribution in [3.05, 3.63) is 59.2 Å². The van der Waals surface area contributed by atoms with Crippen molar-refractivity contribution >= 4 is 27.5 Å². The molecule has 0 aromatic heterocycles. The highest BCUT2D eigenvalue weighted by Crippen LogP contribution is 2.30. The zero-order chi connectivity index (χ0) is 15.7. The van der Waals surface area contributed by atoms with Crippen LogP contribution in [0.15, 0.2) is 42.5 Å². The molecule has 3 aromatic carbocycles. The lowest BCUT2D eigenvalue weighted by atomic mass is 9.93. The first-order chi connectivity index (χ1) is 10.6. The van der Waals surface area contributed by atoms with E-state index in [1.54, 1.807) is 0 Å². The molecular weight excluding hydrogens is 272 g/mol. The van der Waals surface area contributed by atoms with Gasteiger partial charge in [-0.1, -0.05) is 47.5 Å². The fourth-order valence-electron chi connectivity index (χ4n) is 3.01. The number of rotatable bonds is 3. The number of ether oxygens (including phenoxy) is 1. The maximum Gasteiger partial charge on any atom is 0.310 e. The van der Waals surface area contributed by atoms with Crippen molar-refractivity contribution in [1.29, 1.82) is 0 Å². The molecule has 0 atom stereocenters. The van der Waals surface area contributed by atoms with Crippen LogP contribution in [0.5, 0.6) is 0 Å². The van der Waals surface area contributed by atoms with Gasteiger partial charge in [-0.05, 0) is 53.9 Å². The van der Waals surface area contributed by atoms with Gasteiger partial charge in [0, 0.05) is 0 Å². The minimum Gasteiger partial charge on any atom is -0.466 e. The van der Waals surface area contributed by atoms with Gasteiger partial charge in [-0.25, -0.2) is 0 Å². The lowest BCUT2D eigenvalue weighted by Crippen LogP contribution is -2.08. The van der Waals surface area contributed by atoms with Crippen molar-refractivity contribution in [2.45, 2.75) is 27.2 Å². The summed E-state index contributed by atoms with van der Waals surface area (Å²) in [5.74, 6) is -0.169. The first-order valence-corrected chi connectivity index (χ1v) is 7.66. The highest BCUT2D eigenvalue weighted by Gasteiger charge is 2.12. The molecule has 3 aromatic rings. The number of hydrogen-bond acceptors (Lipinski definition) is 2. The zero-order valence-electron chi connectivity index (χ0n) is 13.3. The van der Waals surface area contributed by atoms with Gasteiger partial charge in [0.25, 0.3) is 0 Å². The lowest BCUT2D eigenvalue weighted by molar-refractivity contribution is -0.142. The summed E-state index contributed by atoms with van der Waals surface area (Å²) >= 11 is 0. The number of fused-ring (bicyclic) bond motifs is 2. The molecule has 0 aliphatic heterocycles. The van der Waals surface area contributed by atoms with Crippen molar-refractivity contribution in [3.63, 3.8) is 0 Å². The normalized spacial score (nSPS) is 11.0. The van der Waals surface area contributed by atoms with Gasteiger partial charge in [-0.2, -0.15) is 0 Å². The molecule has 2 nitrogen and oxygen atoms in total. The Balaban J connectivity index is 2.29. The van der Waals surface area contributed by atoms with Crippen molar-refractivity contribution in [2.24, 2.45) is 0 Å². The van der Waals surface area contributed by atoms with Crippen LogP contribution in [-0.4, -0.2) is 12.6 Å². The highest BCUT2D eigenvalue weighted by molar-refractivity contribution is 6.04. The van der Waals surface area contributed by atoms with Gasteiger partial charge < -0.3 is 4.74 Å². The second kappa shape index (κ2) is 5.80. The topological polar surface area (TPSA) is 26.3 Å². The minimum atomic E-state index is -0.169. The maximum atomic E-state index is 12.0. The van der Waals surface area contributed by atoms with Crippen LogP contribution in [0.3, 0.4) is 0 Å². The van der Waals surface area contributed by atoms with Crippen LogP contribution in [0.25, 0.3) is 21.5 Å². The predicted molar refractivity (Wildman–Crippen MR) is 91.3 cm³/mol. The Bertz CT molecular complexity index is 802. The first-order valence-electron chi connectivity index (χ1n) is 7.66. The second-order valence-electron chi connectivity index (χ2n) is 5.79. The summed E-state index contributed by atoms with van der Waals surface area (Å²) in [7, 11) is 0. The summed E-state index contributed by atoms with van der Waals surface area (Å²) < 4.78 is 5.15. The molecule has 2 heteroatoms. The maximum absolute atomic E-state index is 12.0. The third-order valence-electron chi connectivity index (χ3n) is 4.00. The Hall–Kier alpha value is -2.35. The second-order valence-corrected chi connectivity index (χ2v) is 5.79. The molecule has 0 aliphatic rings. The molecule has 3 rings (SSSR count). The largest absolute Gasteiger partial charge is 0.466 e. The number of aryl methyl sites for hydroxylation is 2. The van der Waals surface area contributed by atoms with E-state index in [1.807, 2.05) is 6.92 Å². The predicted octanol–water partition coefficient (Wildman–Crippen LogP) is 4.72. The van der Waals surface area contributed by atoms with Gasteiger partial charge in [0.05, 0.1) is 13.0 Å². The molecule has 0 saturated carbocycles. The molecule has 0 aliphatic carbocycles. The van der Waals surface area contributed by atoms with E-state index in [9.17, 15) is 4.79 Å². The Kier molecular flexibility index (Phi) is 3.84. The van der Waals surface area contributed by atoms with E-state index in [-0.39, 0.29) is 5.97 Å². The van der Waals surface area contributed by atoms with E-state index in [1.165, 1.54) is 21.9 Å². The molecule has 0 N–H and O–H groups in total. The molecule has 0 radical (unpaired) electrons. The van der Waals surface area contributed by atoms with E-state index < -0.39 is 0 Å². The molecule has 0 amide bonds. The van der Waals surface area contributed by atoms with Gasteiger partial charge in [0.2, 0.25) is 0 Å². The fourth-order valence-corrected chi connectivity index (χ4v) is 3.01. The molecule has 0 bridgehead atoms. The number of esters is 1. The van der Waals surface area contributed by atoms with Crippen LogP contribution < -0.4 is 0 Å². The molecule has 0 heterocycles. The average molecular weight is 292 g/mol. The summed E-state index contributed by atoms with van der Waals surface area (Å²) in [6, 6.07) is 15.0. The number of carbonyl (C=O) groups excluding carboxylic acids is 1. The van der Waals surface area contributed by atoms with Crippen molar-refractivity contribution in [3.8, 4) is 0 Å². The molecule has 112 valence electrons. The Morgan fingerprint density at radius 1 is 0.909 bits per heavy atom. The van der Waals surface area contributed by atoms with E-state index in [2.05, 4.69) is 56.3 Å². The molecular formula is C20H20O2. The quantitative estimate of drug-likeness (QED) is 0.516. The monoisotopic (exact) mass is 292 g/mol. The van der Waals surface area contributed by atoms with Gasteiger partial charge in [-0.15, -0.1) is 0 Å². The van der Waals surface area contributed by atoms with Crippen LogP contribution >= 0.6 is 0 Å².